The molecular weight excluding hydrogens is 148 g/mol. The second kappa shape index (κ2) is 2.79. The number of nitrogens with two attached hydrogens (primary N) is 1. The molecule has 0 radical (unpaired) electrons. The van der Waals surface area contributed by atoms with Gasteiger partial charge in [-0.3, -0.25) is 0 Å². The van der Waals surface area contributed by atoms with Crippen LogP contribution in [0, 0.1) is 0 Å². The highest BCUT2D eigenvalue weighted by atomic mass is 14.9. The Kier molecular flexibility index (Phi) is 1.77. The molecule has 0 aliphatic carbocycles. The molecule has 0 saturated carbocycles. The van der Waals surface area contributed by atoms with Crippen LogP contribution in [0.2, 0.25) is 0 Å². The minimum Gasteiger partial charge on any atom is -0.398 e. The smallest absolute Gasteiger partial charge is 0.0350 e. The summed E-state index contributed by atoms with van der Waals surface area (Å²) in [7, 11) is 0. The summed E-state index contributed by atoms with van der Waals surface area (Å²) in [6.07, 6.45) is 1.06. The largest absolute Gasteiger partial charge is 0.398 e. The molecule has 0 amide bonds. The van der Waals surface area contributed by atoms with Gasteiger partial charge in [-0.2, -0.15) is 0 Å². The van der Waals surface area contributed by atoms with Crippen LogP contribution >= 0.6 is 0 Å². The summed E-state index contributed by atoms with van der Waals surface area (Å²) in [5.41, 5.74) is 9.51. The van der Waals surface area contributed by atoms with E-state index in [1.807, 2.05) is 12.1 Å². The van der Waals surface area contributed by atoms with Gasteiger partial charge in [0.2, 0.25) is 0 Å². The van der Waals surface area contributed by atoms with E-state index in [0.717, 1.165) is 18.7 Å². The lowest BCUT2D eigenvalue weighted by Gasteiger charge is -2.24. The Labute approximate surface area is 72.8 Å². The molecule has 1 aromatic rings. The number of hydrogen-bond acceptors (Lipinski definition) is 2. The molecule has 1 aliphatic rings. The fraction of sp³-hybridized carbons (Fsp3) is 0.400. The van der Waals surface area contributed by atoms with Crippen LogP contribution in [0.5, 0.6) is 0 Å². The summed E-state index contributed by atoms with van der Waals surface area (Å²) in [6.45, 7) is 3.15. The number of benzene rings is 1. The van der Waals surface area contributed by atoms with Gasteiger partial charge in [-0.15, -0.1) is 0 Å². The maximum absolute atomic E-state index is 5.88. The first-order chi connectivity index (χ1) is 5.77. The molecule has 1 atom stereocenters. The van der Waals surface area contributed by atoms with Crippen LogP contribution in [0.25, 0.3) is 0 Å². The molecule has 1 heterocycles. The maximum Gasteiger partial charge on any atom is 0.0350 e. The molecule has 12 heavy (non-hydrogen) atoms. The van der Waals surface area contributed by atoms with Crippen LogP contribution in [-0.2, 0) is 13.0 Å². The van der Waals surface area contributed by atoms with Gasteiger partial charge < -0.3 is 11.1 Å². The third kappa shape index (κ3) is 1.18. The molecule has 3 N–H and O–H groups in total. The third-order valence-corrected chi connectivity index (χ3v) is 2.46. The molecule has 64 valence electrons. The standard InChI is InChI=1S/C10H14N2/c1-7-5-9-8(6-12-7)3-2-4-10(9)11/h2-4,7,12H,5-6,11H2,1H3/t7-/m1/s1. The molecule has 1 aliphatic heterocycles. The first-order valence-corrected chi connectivity index (χ1v) is 4.37. The Bertz CT molecular complexity index is 294. The Morgan fingerprint density at radius 1 is 1.50 bits per heavy atom. The van der Waals surface area contributed by atoms with Crippen molar-refractivity contribution >= 4 is 5.69 Å². The first kappa shape index (κ1) is 7.62. The minimum absolute atomic E-state index is 0.558. The molecule has 0 saturated heterocycles. The van der Waals surface area contributed by atoms with Crippen molar-refractivity contribution in [2.45, 2.75) is 25.9 Å². The second-order valence-corrected chi connectivity index (χ2v) is 3.47. The van der Waals surface area contributed by atoms with Crippen molar-refractivity contribution in [2.24, 2.45) is 0 Å². The molecule has 2 heteroatoms. The maximum atomic E-state index is 5.88. The second-order valence-electron chi connectivity index (χ2n) is 3.47. The summed E-state index contributed by atoms with van der Waals surface area (Å²) in [6, 6.07) is 6.70. The molecule has 0 unspecified atom stereocenters. The topological polar surface area (TPSA) is 38.0 Å². The van der Waals surface area contributed by atoms with E-state index in [1.54, 1.807) is 0 Å². The van der Waals surface area contributed by atoms with Crippen LogP contribution in [0.1, 0.15) is 18.1 Å². The van der Waals surface area contributed by atoms with Gasteiger partial charge in [0.25, 0.3) is 0 Å². The van der Waals surface area contributed by atoms with Crippen LogP contribution in [0.4, 0.5) is 5.69 Å². The van der Waals surface area contributed by atoms with Gasteiger partial charge in [0, 0.05) is 18.3 Å². The van der Waals surface area contributed by atoms with Gasteiger partial charge in [-0.05, 0) is 30.5 Å². The van der Waals surface area contributed by atoms with Crippen LogP contribution in [0.15, 0.2) is 18.2 Å². The molecule has 0 spiro atoms. The number of nitrogen functional groups attached to an aromatic ring is 1. The van der Waals surface area contributed by atoms with Gasteiger partial charge in [0.1, 0.15) is 0 Å². The van der Waals surface area contributed by atoms with E-state index in [-0.39, 0.29) is 0 Å². The summed E-state index contributed by atoms with van der Waals surface area (Å²) in [5, 5.41) is 3.41. The van der Waals surface area contributed by atoms with E-state index in [2.05, 4.69) is 18.3 Å². The van der Waals surface area contributed by atoms with Crippen molar-refractivity contribution in [1.29, 1.82) is 0 Å². The summed E-state index contributed by atoms with van der Waals surface area (Å²) >= 11 is 0. The lowest BCUT2D eigenvalue weighted by molar-refractivity contribution is 0.514. The van der Waals surface area contributed by atoms with Crippen LogP contribution in [-0.4, -0.2) is 6.04 Å². The average Bonchev–Trinajstić information content (AvgIpc) is 2.07. The zero-order valence-corrected chi connectivity index (χ0v) is 7.30. The van der Waals surface area contributed by atoms with Gasteiger partial charge in [0.05, 0.1) is 0 Å². The quantitative estimate of drug-likeness (QED) is 0.564. The highest BCUT2D eigenvalue weighted by molar-refractivity contribution is 5.52. The van der Waals surface area contributed by atoms with Crippen molar-refractivity contribution in [2.75, 3.05) is 5.73 Å². The predicted octanol–water partition coefficient (Wildman–Crippen LogP) is 1.30. The SMILES string of the molecule is C[C@@H]1Cc2c(N)cccc2CN1. The zero-order chi connectivity index (χ0) is 8.55. The summed E-state index contributed by atoms with van der Waals surface area (Å²) < 4.78 is 0. The van der Waals surface area contributed by atoms with Crippen molar-refractivity contribution in [3.63, 3.8) is 0 Å². The number of hydrogen-bond donors (Lipinski definition) is 2. The van der Waals surface area contributed by atoms with E-state index in [1.165, 1.54) is 11.1 Å². The fourth-order valence-corrected chi connectivity index (χ4v) is 1.73. The fourth-order valence-electron chi connectivity index (χ4n) is 1.73. The van der Waals surface area contributed by atoms with E-state index in [0.29, 0.717) is 6.04 Å². The summed E-state index contributed by atoms with van der Waals surface area (Å²) in [5.74, 6) is 0. The average molecular weight is 162 g/mol. The van der Waals surface area contributed by atoms with E-state index < -0.39 is 0 Å². The summed E-state index contributed by atoms with van der Waals surface area (Å²) in [4.78, 5) is 0. The molecule has 0 fully saturated rings. The van der Waals surface area contributed by atoms with Gasteiger partial charge in [-0.1, -0.05) is 12.1 Å². The van der Waals surface area contributed by atoms with Crippen molar-refractivity contribution < 1.29 is 0 Å². The van der Waals surface area contributed by atoms with Crippen LogP contribution < -0.4 is 11.1 Å². The lowest BCUT2D eigenvalue weighted by atomic mass is 9.95. The first-order valence-electron chi connectivity index (χ1n) is 4.37. The molecule has 2 nitrogen and oxygen atoms in total. The van der Waals surface area contributed by atoms with E-state index in [4.69, 9.17) is 5.73 Å². The highest BCUT2D eigenvalue weighted by Crippen LogP contribution is 2.22. The van der Waals surface area contributed by atoms with Gasteiger partial charge in [0.15, 0.2) is 0 Å². The molecular formula is C10H14N2. The normalized spacial score (nSPS) is 21.9. The lowest BCUT2D eigenvalue weighted by Crippen LogP contribution is -2.33. The predicted molar refractivity (Wildman–Crippen MR) is 50.9 cm³/mol. The molecule has 0 aromatic heterocycles. The Morgan fingerprint density at radius 2 is 2.33 bits per heavy atom. The highest BCUT2D eigenvalue weighted by Gasteiger charge is 2.15. The van der Waals surface area contributed by atoms with E-state index >= 15 is 0 Å². The Hall–Kier alpha value is -1.02. The number of rotatable bonds is 0. The molecule has 0 bridgehead atoms. The number of fused-ring (bicyclic) bond motifs is 1. The molecule has 2 rings (SSSR count). The molecule has 1 aromatic carbocycles. The van der Waals surface area contributed by atoms with Crippen molar-refractivity contribution in [3.05, 3.63) is 29.3 Å². The zero-order valence-electron chi connectivity index (χ0n) is 7.30. The van der Waals surface area contributed by atoms with Gasteiger partial charge in [-0.25, -0.2) is 0 Å². The number of nitrogens with one attached hydrogen (secondary N) is 1. The van der Waals surface area contributed by atoms with Crippen molar-refractivity contribution in [3.8, 4) is 0 Å². The third-order valence-electron chi connectivity index (χ3n) is 2.46. The monoisotopic (exact) mass is 162 g/mol. The van der Waals surface area contributed by atoms with Crippen LogP contribution in [0.3, 0.4) is 0 Å². The Morgan fingerprint density at radius 3 is 3.17 bits per heavy atom. The van der Waals surface area contributed by atoms with E-state index in [9.17, 15) is 0 Å². The Balaban J connectivity index is 2.43. The minimum atomic E-state index is 0.558. The van der Waals surface area contributed by atoms with Crippen molar-refractivity contribution in [1.82, 2.24) is 5.32 Å². The van der Waals surface area contributed by atoms with Gasteiger partial charge >= 0.3 is 0 Å². The number of anilines is 1.